The van der Waals surface area contributed by atoms with Crippen molar-refractivity contribution in [3.8, 4) is 0 Å². The van der Waals surface area contributed by atoms with Crippen LogP contribution in [-0.2, 0) is 9.53 Å². The highest BCUT2D eigenvalue weighted by Crippen LogP contribution is 2.37. The number of methoxy groups -OCH3 is 1. The van der Waals surface area contributed by atoms with Gasteiger partial charge in [-0.25, -0.2) is 0 Å². The summed E-state index contributed by atoms with van der Waals surface area (Å²) in [6, 6.07) is 0.249. The number of carbonyl (C=O) groups is 1. The highest BCUT2D eigenvalue weighted by Gasteiger charge is 2.35. The van der Waals surface area contributed by atoms with Gasteiger partial charge >= 0.3 is 5.97 Å². The van der Waals surface area contributed by atoms with Gasteiger partial charge in [0, 0.05) is 6.04 Å². The van der Waals surface area contributed by atoms with Crippen molar-refractivity contribution < 1.29 is 9.53 Å². The van der Waals surface area contributed by atoms with Gasteiger partial charge in [0.05, 0.1) is 7.11 Å². The van der Waals surface area contributed by atoms with E-state index in [0.717, 1.165) is 6.42 Å². The van der Waals surface area contributed by atoms with E-state index in [1.807, 2.05) is 6.92 Å². The van der Waals surface area contributed by atoms with Crippen LogP contribution in [0, 0.1) is 5.41 Å². The van der Waals surface area contributed by atoms with E-state index in [1.165, 1.54) is 20.0 Å². The molecule has 0 saturated heterocycles. The Labute approximate surface area is 86.2 Å². The molecule has 82 valence electrons. The third-order valence-corrected chi connectivity index (χ3v) is 3.26. The molecule has 1 saturated carbocycles. The van der Waals surface area contributed by atoms with Crippen LogP contribution in [0.5, 0.6) is 0 Å². The number of rotatable bonds is 3. The first-order chi connectivity index (χ1) is 6.47. The van der Waals surface area contributed by atoms with Gasteiger partial charge in [-0.2, -0.15) is 0 Å². The Balaban J connectivity index is 2.48. The lowest BCUT2D eigenvalue weighted by atomic mass is 9.87. The second-order valence-corrected chi connectivity index (χ2v) is 4.84. The van der Waals surface area contributed by atoms with E-state index in [9.17, 15) is 4.79 Å². The highest BCUT2D eigenvalue weighted by molar-refractivity contribution is 5.75. The van der Waals surface area contributed by atoms with Crippen LogP contribution in [0.15, 0.2) is 0 Å². The molecule has 0 heterocycles. The molecule has 0 amide bonds. The van der Waals surface area contributed by atoms with Crippen molar-refractivity contribution in [2.75, 3.05) is 7.11 Å². The first-order valence-electron chi connectivity index (χ1n) is 5.31. The van der Waals surface area contributed by atoms with Crippen molar-refractivity contribution in [2.24, 2.45) is 5.41 Å². The Kier molecular flexibility index (Phi) is 3.53. The highest BCUT2D eigenvalue weighted by atomic mass is 16.5. The predicted octanol–water partition coefficient (Wildman–Crippen LogP) is 1.72. The molecule has 0 aromatic rings. The summed E-state index contributed by atoms with van der Waals surface area (Å²) in [6.07, 6.45) is 3.64. The van der Waals surface area contributed by atoms with Crippen molar-refractivity contribution in [1.82, 2.24) is 5.32 Å². The molecule has 3 heteroatoms. The van der Waals surface area contributed by atoms with Crippen molar-refractivity contribution in [3.63, 3.8) is 0 Å². The largest absolute Gasteiger partial charge is 0.468 e. The summed E-state index contributed by atoms with van der Waals surface area (Å²) in [6.45, 7) is 6.36. The summed E-state index contributed by atoms with van der Waals surface area (Å²) < 4.78 is 4.69. The van der Waals surface area contributed by atoms with Crippen LogP contribution in [0.4, 0.5) is 0 Å². The molecule has 1 N–H and O–H groups in total. The van der Waals surface area contributed by atoms with Gasteiger partial charge in [0.25, 0.3) is 0 Å². The van der Waals surface area contributed by atoms with Gasteiger partial charge in [-0.15, -0.1) is 0 Å². The maximum Gasteiger partial charge on any atom is 0.322 e. The lowest BCUT2D eigenvalue weighted by Crippen LogP contribution is -2.46. The number of esters is 1. The van der Waals surface area contributed by atoms with Gasteiger partial charge in [0.15, 0.2) is 0 Å². The van der Waals surface area contributed by atoms with Gasteiger partial charge in [-0.3, -0.25) is 4.79 Å². The Bertz CT molecular complexity index is 213. The summed E-state index contributed by atoms with van der Waals surface area (Å²) in [5, 5.41) is 3.35. The van der Waals surface area contributed by atoms with E-state index in [2.05, 4.69) is 23.9 Å². The van der Waals surface area contributed by atoms with Crippen LogP contribution < -0.4 is 5.32 Å². The Hall–Kier alpha value is -0.570. The number of carbonyl (C=O) groups excluding carboxylic acids is 1. The molecular weight excluding hydrogens is 178 g/mol. The van der Waals surface area contributed by atoms with E-state index >= 15 is 0 Å². The molecule has 14 heavy (non-hydrogen) atoms. The van der Waals surface area contributed by atoms with Crippen LogP contribution in [0.2, 0.25) is 0 Å². The van der Waals surface area contributed by atoms with Crippen LogP contribution in [0.1, 0.15) is 40.0 Å². The molecule has 0 aromatic heterocycles. The molecular formula is C11H21NO2. The zero-order chi connectivity index (χ0) is 10.8. The Morgan fingerprint density at radius 3 is 2.64 bits per heavy atom. The van der Waals surface area contributed by atoms with E-state index in [-0.39, 0.29) is 12.0 Å². The minimum Gasteiger partial charge on any atom is -0.468 e. The van der Waals surface area contributed by atoms with Gasteiger partial charge in [-0.1, -0.05) is 20.3 Å². The lowest BCUT2D eigenvalue weighted by molar-refractivity contribution is -0.143. The van der Waals surface area contributed by atoms with Crippen LogP contribution in [0.3, 0.4) is 0 Å². The minimum absolute atomic E-state index is 0.173. The zero-order valence-electron chi connectivity index (χ0n) is 9.59. The summed E-state index contributed by atoms with van der Waals surface area (Å²) in [4.78, 5) is 11.2. The molecule has 1 fully saturated rings. The fraction of sp³-hybridized carbons (Fsp3) is 0.909. The van der Waals surface area contributed by atoms with E-state index in [0.29, 0.717) is 11.5 Å². The number of nitrogens with one attached hydrogen (secondary N) is 1. The molecule has 1 rings (SSSR count). The summed E-state index contributed by atoms with van der Waals surface area (Å²) >= 11 is 0. The topological polar surface area (TPSA) is 38.3 Å². The molecule has 1 aliphatic rings. The average Bonchev–Trinajstić information content (AvgIpc) is 2.44. The SMILES string of the molecule is COC(=O)C(C)NC1CCCC1(C)C. The molecule has 1 aliphatic carbocycles. The monoisotopic (exact) mass is 199 g/mol. The molecule has 2 atom stereocenters. The van der Waals surface area contributed by atoms with Crippen molar-refractivity contribution >= 4 is 5.97 Å². The maximum atomic E-state index is 11.2. The first kappa shape index (κ1) is 11.5. The second kappa shape index (κ2) is 4.30. The Morgan fingerprint density at radius 1 is 1.57 bits per heavy atom. The molecule has 0 spiro atoms. The van der Waals surface area contributed by atoms with Crippen LogP contribution in [-0.4, -0.2) is 25.2 Å². The standard InChI is InChI=1S/C11H21NO2/c1-8(10(13)14-4)12-9-6-5-7-11(9,2)3/h8-9,12H,5-7H2,1-4H3. The molecule has 3 nitrogen and oxygen atoms in total. The van der Waals surface area contributed by atoms with Gasteiger partial charge in [-0.05, 0) is 25.2 Å². The van der Waals surface area contributed by atoms with Crippen LogP contribution >= 0.6 is 0 Å². The molecule has 0 radical (unpaired) electrons. The quantitative estimate of drug-likeness (QED) is 0.703. The zero-order valence-corrected chi connectivity index (χ0v) is 9.59. The second-order valence-electron chi connectivity index (χ2n) is 4.84. The van der Waals surface area contributed by atoms with Crippen LogP contribution in [0.25, 0.3) is 0 Å². The van der Waals surface area contributed by atoms with Crippen molar-refractivity contribution in [1.29, 1.82) is 0 Å². The van der Waals surface area contributed by atoms with Gasteiger partial charge in [0.1, 0.15) is 6.04 Å². The molecule has 0 bridgehead atoms. The summed E-state index contributed by atoms with van der Waals surface area (Å²) in [5.41, 5.74) is 0.308. The number of hydrogen-bond acceptors (Lipinski definition) is 3. The molecule has 2 unspecified atom stereocenters. The fourth-order valence-electron chi connectivity index (χ4n) is 2.18. The normalized spacial score (nSPS) is 27.3. The summed E-state index contributed by atoms with van der Waals surface area (Å²) in [7, 11) is 1.43. The maximum absolute atomic E-state index is 11.2. The molecule has 0 aromatic carbocycles. The third-order valence-electron chi connectivity index (χ3n) is 3.26. The van der Waals surface area contributed by atoms with E-state index < -0.39 is 0 Å². The van der Waals surface area contributed by atoms with E-state index in [1.54, 1.807) is 0 Å². The fourth-order valence-corrected chi connectivity index (χ4v) is 2.18. The van der Waals surface area contributed by atoms with Crippen molar-refractivity contribution in [3.05, 3.63) is 0 Å². The Morgan fingerprint density at radius 2 is 2.21 bits per heavy atom. The lowest BCUT2D eigenvalue weighted by Gasteiger charge is -2.29. The van der Waals surface area contributed by atoms with E-state index in [4.69, 9.17) is 0 Å². The van der Waals surface area contributed by atoms with Gasteiger partial charge < -0.3 is 10.1 Å². The third kappa shape index (κ3) is 2.47. The van der Waals surface area contributed by atoms with Gasteiger partial charge in [0.2, 0.25) is 0 Å². The number of hydrogen-bond donors (Lipinski definition) is 1. The molecule has 0 aliphatic heterocycles. The average molecular weight is 199 g/mol. The summed E-state index contributed by atoms with van der Waals surface area (Å²) in [5.74, 6) is -0.173. The van der Waals surface area contributed by atoms with Crippen molar-refractivity contribution in [2.45, 2.75) is 52.1 Å². The smallest absolute Gasteiger partial charge is 0.322 e. The first-order valence-corrected chi connectivity index (χ1v) is 5.31. The minimum atomic E-state index is -0.192. The number of ether oxygens (including phenoxy) is 1. The predicted molar refractivity (Wildman–Crippen MR) is 56.0 cm³/mol.